The molecule has 1 atom stereocenters. The van der Waals surface area contributed by atoms with Crippen molar-refractivity contribution in [3.05, 3.63) is 24.3 Å². The van der Waals surface area contributed by atoms with Crippen LogP contribution in [-0.4, -0.2) is 22.3 Å². The molecule has 0 aliphatic carbocycles. The van der Waals surface area contributed by atoms with E-state index in [2.05, 4.69) is 31.2 Å². The fraction of sp³-hybridized carbons (Fsp3) is 0.722. The van der Waals surface area contributed by atoms with E-state index in [-0.39, 0.29) is 12.5 Å². The van der Waals surface area contributed by atoms with Crippen molar-refractivity contribution < 1.29 is 15.0 Å². The van der Waals surface area contributed by atoms with E-state index in [1.807, 2.05) is 0 Å². The number of aliphatic carboxylic acids is 1. The summed E-state index contributed by atoms with van der Waals surface area (Å²) in [6, 6.07) is 0. The monoisotopic (exact) mass is 296 g/mol. The van der Waals surface area contributed by atoms with Crippen LogP contribution in [0.5, 0.6) is 0 Å². The van der Waals surface area contributed by atoms with Crippen LogP contribution in [0.25, 0.3) is 0 Å². The number of hydrogen-bond acceptors (Lipinski definition) is 2. The normalized spacial score (nSPS) is 13.2. The number of aliphatic hydroxyl groups is 1. The smallest absolute Gasteiger partial charge is 0.303 e. The van der Waals surface area contributed by atoms with E-state index >= 15 is 0 Å². The van der Waals surface area contributed by atoms with Crippen LogP contribution < -0.4 is 0 Å². The minimum atomic E-state index is -0.716. The van der Waals surface area contributed by atoms with Gasteiger partial charge in [-0.3, -0.25) is 4.79 Å². The second kappa shape index (κ2) is 15.3. The van der Waals surface area contributed by atoms with Crippen LogP contribution in [0.1, 0.15) is 77.6 Å². The molecule has 0 saturated heterocycles. The molecule has 1 unspecified atom stereocenters. The summed E-state index contributed by atoms with van der Waals surface area (Å²) in [5.74, 6) is -0.716. The number of rotatable bonds is 14. The third kappa shape index (κ3) is 16.9. The summed E-state index contributed by atoms with van der Waals surface area (Å²) in [7, 11) is 0. The standard InChI is InChI=1S/C18H32O3/c1-2-3-4-5-6-7-8-11-14-17(19)15-12-9-10-13-16-18(20)21/h4-5,7-8,17,19H,2-3,6,9-16H2,1H3,(H,20,21). The molecule has 0 radical (unpaired) electrons. The van der Waals surface area contributed by atoms with Gasteiger partial charge >= 0.3 is 5.97 Å². The summed E-state index contributed by atoms with van der Waals surface area (Å²) in [5, 5.41) is 18.3. The molecule has 0 aliphatic rings. The Kier molecular flexibility index (Phi) is 14.5. The first-order chi connectivity index (χ1) is 10.2. The number of carboxylic acid groups (broad SMARTS) is 1. The van der Waals surface area contributed by atoms with Gasteiger partial charge in [0.1, 0.15) is 0 Å². The Morgan fingerprint density at radius 1 is 0.952 bits per heavy atom. The summed E-state index contributed by atoms with van der Waals surface area (Å²) < 4.78 is 0. The zero-order valence-corrected chi connectivity index (χ0v) is 13.5. The van der Waals surface area contributed by atoms with E-state index in [0.717, 1.165) is 57.8 Å². The van der Waals surface area contributed by atoms with Crippen LogP contribution in [0, 0.1) is 0 Å². The molecule has 0 aromatic carbocycles. The Labute approximate surface area is 129 Å². The second-order valence-corrected chi connectivity index (χ2v) is 5.54. The van der Waals surface area contributed by atoms with Crippen LogP contribution >= 0.6 is 0 Å². The van der Waals surface area contributed by atoms with Gasteiger partial charge in [-0.05, 0) is 38.5 Å². The van der Waals surface area contributed by atoms with Crippen molar-refractivity contribution in [3.63, 3.8) is 0 Å². The molecule has 0 aliphatic heterocycles. The average Bonchev–Trinajstić information content (AvgIpc) is 2.45. The highest BCUT2D eigenvalue weighted by atomic mass is 16.4. The minimum absolute atomic E-state index is 0.218. The Morgan fingerprint density at radius 2 is 1.62 bits per heavy atom. The van der Waals surface area contributed by atoms with Gasteiger partial charge in [0.15, 0.2) is 0 Å². The van der Waals surface area contributed by atoms with Crippen molar-refractivity contribution in [1.82, 2.24) is 0 Å². The molecule has 2 N–H and O–H groups in total. The lowest BCUT2D eigenvalue weighted by Crippen LogP contribution is -2.05. The van der Waals surface area contributed by atoms with Crippen LogP contribution in [0.4, 0.5) is 0 Å². The maximum atomic E-state index is 10.3. The van der Waals surface area contributed by atoms with Gasteiger partial charge < -0.3 is 10.2 Å². The number of unbranched alkanes of at least 4 members (excludes halogenated alkanes) is 4. The molecule has 21 heavy (non-hydrogen) atoms. The molecule has 0 saturated carbocycles. The van der Waals surface area contributed by atoms with Gasteiger partial charge in [0.05, 0.1) is 6.10 Å². The third-order valence-corrected chi connectivity index (χ3v) is 3.41. The largest absolute Gasteiger partial charge is 0.481 e. The summed E-state index contributed by atoms with van der Waals surface area (Å²) in [5.41, 5.74) is 0. The molecule has 0 heterocycles. The number of hydrogen-bond donors (Lipinski definition) is 2. The van der Waals surface area contributed by atoms with Crippen molar-refractivity contribution >= 4 is 5.97 Å². The first kappa shape index (κ1) is 19.9. The zero-order chi connectivity index (χ0) is 15.8. The number of carboxylic acids is 1. The van der Waals surface area contributed by atoms with E-state index in [1.54, 1.807) is 0 Å². The van der Waals surface area contributed by atoms with Crippen molar-refractivity contribution in [1.29, 1.82) is 0 Å². The summed E-state index contributed by atoms with van der Waals surface area (Å²) in [6.45, 7) is 2.17. The van der Waals surface area contributed by atoms with E-state index in [9.17, 15) is 9.90 Å². The molecule has 0 bridgehead atoms. The fourth-order valence-corrected chi connectivity index (χ4v) is 2.12. The van der Waals surface area contributed by atoms with E-state index < -0.39 is 5.97 Å². The van der Waals surface area contributed by atoms with Gasteiger partial charge in [0, 0.05) is 6.42 Å². The summed E-state index contributed by atoms with van der Waals surface area (Å²) in [6.07, 6.45) is 18.4. The molecule has 0 fully saturated rings. The van der Waals surface area contributed by atoms with Crippen molar-refractivity contribution in [2.45, 2.75) is 83.7 Å². The topological polar surface area (TPSA) is 57.5 Å². The Hall–Kier alpha value is -1.09. The van der Waals surface area contributed by atoms with Crippen LogP contribution in [-0.2, 0) is 4.79 Å². The molecule has 0 amide bonds. The van der Waals surface area contributed by atoms with Gasteiger partial charge in [-0.15, -0.1) is 0 Å². The highest BCUT2D eigenvalue weighted by Crippen LogP contribution is 2.11. The lowest BCUT2D eigenvalue weighted by molar-refractivity contribution is -0.137. The predicted octanol–water partition coefficient (Wildman–Crippen LogP) is 4.86. The van der Waals surface area contributed by atoms with Gasteiger partial charge in [0.25, 0.3) is 0 Å². The summed E-state index contributed by atoms with van der Waals surface area (Å²) >= 11 is 0. The first-order valence-electron chi connectivity index (χ1n) is 8.36. The highest BCUT2D eigenvalue weighted by molar-refractivity contribution is 5.66. The summed E-state index contributed by atoms with van der Waals surface area (Å²) in [4.78, 5) is 10.3. The fourth-order valence-electron chi connectivity index (χ4n) is 2.12. The Balaban J connectivity index is 3.35. The molecule has 0 aromatic rings. The van der Waals surface area contributed by atoms with Crippen molar-refractivity contribution in [2.24, 2.45) is 0 Å². The molecule has 122 valence electrons. The van der Waals surface area contributed by atoms with Gasteiger partial charge in [-0.1, -0.05) is 56.9 Å². The molecular weight excluding hydrogens is 264 g/mol. The lowest BCUT2D eigenvalue weighted by atomic mass is 10.0. The van der Waals surface area contributed by atoms with Crippen molar-refractivity contribution in [2.75, 3.05) is 0 Å². The maximum absolute atomic E-state index is 10.3. The predicted molar refractivity (Wildman–Crippen MR) is 88.4 cm³/mol. The first-order valence-corrected chi connectivity index (χ1v) is 8.36. The number of aliphatic hydroxyl groups excluding tert-OH is 1. The highest BCUT2D eigenvalue weighted by Gasteiger charge is 2.02. The van der Waals surface area contributed by atoms with Crippen LogP contribution in [0.2, 0.25) is 0 Å². The third-order valence-electron chi connectivity index (χ3n) is 3.41. The maximum Gasteiger partial charge on any atom is 0.303 e. The lowest BCUT2D eigenvalue weighted by Gasteiger charge is -2.08. The number of carbonyl (C=O) groups is 1. The van der Waals surface area contributed by atoms with Gasteiger partial charge in [-0.2, -0.15) is 0 Å². The van der Waals surface area contributed by atoms with E-state index in [1.165, 1.54) is 6.42 Å². The second-order valence-electron chi connectivity index (χ2n) is 5.54. The van der Waals surface area contributed by atoms with Gasteiger partial charge in [0.2, 0.25) is 0 Å². The Morgan fingerprint density at radius 3 is 2.29 bits per heavy atom. The molecule has 3 nitrogen and oxygen atoms in total. The van der Waals surface area contributed by atoms with Gasteiger partial charge in [-0.25, -0.2) is 0 Å². The van der Waals surface area contributed by atoms with E-state index in [0.29, 0.717) is 0 Å². The number of allylic oxidation sites excluding steroid dienone is 4. The molecular formula is C18H32O3. The minimum Gasteiger partial charge on any atom is -0.481 e. The van der Waals surface area contributed by atoms with Crippen LogP contribution in [0.15, 0.2) is 24.3 Å². The molecule has 0 spiro atoms. The molecule has 0 aromatic heterocycles. The molecule has 3 heteroatoms. The average molecular weight is 296 g/mol. The Bertz CT molecular complexity index is 295. The van der Waals surface area contributed by atoms with E-state index in [4.69, 9.17) is 5.11 Å². The zero-order valence-electron chi connectivity index (χ0n) is 13.5. The molecule has 0 rings (SSSR count). The van der Waals surface area contributed by atoms with Crippen LogP contribution in [0.3, 0.4) is 0 Å². The SMILES string of the molecule is CCCC=CCC=CCCC(O)CCCCCCC(=O)O. The van der Waals surface area contributed by atoms with Crippen molar-refractivity contribution in [3.8, 4) is 0 Å². The quantitative estimate of drug-likeness (QED) is 0.355.